The molecule has 1 atom stereocenters. The summed E-state index contributed by atoms with van der Waals surface area (Å²) in [6.45, 7) is 0.723. The van der Waals surface area contributed by atoms with Gasteiger partial charge in [0, 0.05) is 6.61 Å². The minimum atomic E-state index is -4.58. The number of ether oxygens (including phenoxy) is 1. The highest BCUT2D eigenvalue weighted by Gasteiger charge is 2.41. The predicted molar refractivity (Wildman–Crippen MR) is 55.0 cm³/mol. The maximum absolute atomic E-state index is 12.6. The van der Waals surface area contributed by atoms with Gasteiger partial charge in [-0.2, -0.15) is 22.8 Å². The van der Waals surface area contributed by atoms with E-state index in [1.807, 2.05) is 0 Å². The Bertz CT molecular complexity index is 585. The quantitative estimate of drug-likeness (QED) is 0.834. The van der Waals surface area contributed by atoms with E-state index >= 15 is 0 Å². The second kappa shape index (κ2) is 3.62. The van der Waals surface area contributed by atoms with E-state index in [9.17, 15) is 13.2 Å². The van der Waals surface area contributed by atoms with Crippen molar-refractivity contribution in [3.8, 4) is 0 Å². The Morgan fingerprint density at radius 1 is 1.39 bits per heavy atom. The molecule has 10 heteroatoms. The zero-order valence-electron chi connectivity index (χ0n) is 8.94. The standard InChI is InChI=1S/C8H8F3N5OS/c9-8(10,11)4-13-14-6-16(4)15-5(18-6)7(12)1-2-17-3-7/h1-3,12H2. The minimum absolute atomic E-state index is 0.0778. The zero-order valence-corrected chi connectivity index (χ0v) is 9.75. The summed E-state index contributed by atoms with van der Waals surface area (Å²) in [5.74, 6) is -1.14. The van der Waals surface area contributed by atoms with Crippen molar-refractivity contribution in [1.82, 2.24) is 19.8 Å². The average Bonchev–Trinajstić information content (AvgIpc) is 2.87. The van der Waals surface area contributed by atoms with Crippen LogP contribution >= 0.6 is 11.3 Å². The first-order valence-corrected chi connectivity index (χ1v) is 5.88. The fourth-order valence-electron chi connectivity index (χ4n) is 1.74. The first-order valence-electron chi connectivity index (χ1n) is 5.07. The van der Waals surface area contributed by atoms with Gasteiger partial charge in [-0.1, -0.05) is 11.3 Å². The summed E-state index contributed by atoms with van der Waals surface area (Å²) >= 11 is 1.00. The molecule has 2 aromatic heterocycles. The molecule has 2 aromatic rings. The number of rotatable bonds is 1. The molecular formula is C8H8F3N5OS. The van der Waals surface area contributed by atoms with Crippen molar-refractivity contribution < 1.29 is 17.9 Å². The molecule has 0 radical (unpaired) electrons. The lowest BCUT2D eigenvalue weighted by Crippen LogP contribution is -2.37. The highest BCUT2D eigenvalue weighted by Crippen LogP contribution is 2.33. The SMILES string of the molecule is NC1(c2nn3c(C(F)(F)F)nnc3s2)CCOC1. The highest BCUT2D eigenvalue weighted by molar-refractivity contribution is 7.16. The summed E-state index contributed by atoms with van der Waals surface area (Å²) in [5, 5.41) is 10.8. The summed E-state index contributed by atoms with van der Waals surface area (Å²) in [6, 6.07) is 0. The average molecular weight is 279 g/mol. The molecule has 1 saturated heterocycles. The molecule has 1 aliphatic heterocycles. The van der Waals surface area contributed by atoms with Gasteiger partial charge in [0.1, 0.15) is 5.01 Å². The highest BCUT2D eigenvalue weighted by atomic mass is 32.1. The molecule has 1 unspecified atom stereocenters. The summed E-state index contributed by atoms with van der Waals surface area (Å²) in [7, 11) is 0. The molecule has 0 aromatic carbocycles. The van der Waals surface area contributed by atoms with Crippen LogP contribution in [0.5, 0.6) is 0 Å². The molecule has 3 heterocycles. The Balaban J connectivity index is 2.09. The molecule has 1 fully saturated rings. The Morgan fingerprint density at radius 2 is 2.17 bits per heavy atom. The Labute approximate surface area is 103 Å². The van der Waals surface area contributed by atoms with Crippen LogP contribution in [0, 0.1) is 0 Å². The van der Waals surface area contributed by atoms with E-state index in [1.165, 1.54) is 0 Å². The van der Waals surface area contributed by atoms with Gasteiger partial charge in [-0.15, -0.1) is 10.2 Å². The molecule has 98 valence electrons. The van der Waals surface area contributed by atoms with Crippen LogP contribution in [-0.4, -0.2) is 33.0 Å². The van der Waals surface area contributed by atoms with E-state index in [0.29, 0.717) is 22.6 Å². The van der Waals surface area contributed by atoms with Crippen LogP contribution in [0.25, 0.3) is 4.96 Å². The van der Waals surface area contributed by atoms with Gasteiger partial charge >= 0.3 is 6.18 Å². The van der Waals surface area contributed by atoms with Gasteiger partial charge in [0.15, 0.2) is 0 Å². The predicted octanol–water partition coefficient (Wildman–Crippen LogP) is 0.779. The van der Waals surface area contributed by atoms with E-state index < -0.39 is 17.5 Å². The van der Waals surface area contributed by atoms with Crippen molar-refractivity contribution in [3.63, 3.8) is 0 Å². The number of nitrogens with two attached hydrogens (primary N) is 1. The topological polar surface area (TPSA) is 78.3 Å². The van der Waals surface area contributed by atoms with Crippen molar-refractivity contribution >= 4 is 16.3 Å². The molecule has 2 N–H and O–H groups in total. The third-order valence-electron chi connectivity index (χ3n) is 2.72. The summed E-state index contributed by atoms with van der Waals surface area (Å²) in [6.07, 6.45) is -4.06. The van der Waals surface area contributed by atoms with E-state index in [-0.39, 0.29) is 11.6 Å². The van der Waals surface area contributed by atoms with E-state index in [0.717, 1.165) is 11.3 Å². The molecule has 0 saturated carbocycles. The summed E-state index contributed by atoms with van der Waals surface area (Å²) in [4.78, 5) is 0.0778. The van der Waals surface area contributed by atoms with Crippen molar-refractivity contribution in [2.75, 3.05) is 13.2 Å². The third-order valence-corrected chi connectivity index (χ3v) is 3.84. The maximum Gasteiger partial charge on any atom is 0.453 e. The second-order valence-corrected chi connectivity index (χ2v) is 5.04. The van der Waals surface area contributed by atoms with Crippen LogP contribution in [0.2, 0.25) is 0 Å². The van der Waals surface area contributed by atoms with Crippen LogP contribution in [0.3, 0.4) is 0 Å². The Hall–Kier alpha value is -1.26. The maximum atomic E-state index is 12.6. The molecule has 0 aliphatic carbocycles. The van der Waals surface area contributed by atoms with E-state index in [2.05, 4.69) is 15.3 Å². The van der Waals surface area contributed by atoms with Crippen LogP contribution in [0.4, 0.5) is 13.2 Å². The zero-order chi connectivity index (χ0) is 13.0. The number of aromatic nitrogens is 4. The van der Waals surface area contributed by atoms with Gasteiger partial charge in [0.25, 0.3) is 5.82 Å². The monoisotopic (exact) mass is 279 g/mol. The lowest BCUT2D eigenvalue weighted by molar-refractivity contribution is -0.146. The molecule has 18 heavy (non-hydrogen) atoms. The van der Waals surface area contributed by atoms with Gasteiger partial charge in [-0.3, -0.25) is 0 Å². The first kappa shape index (κ1) is 11.8. The van der Waals surface area contributed by atoms with Crippen molar-refractivity contribution in [2.45, 2.75) is 18.1 Å². The van der Waals surface area contributed by atoms with Crippen molar-refractivity contribution in [1.29, 1.82) is 0 Å². The number of alkyl halides is 3. The summed E-state index contributed by atoms with van der Waals surface area (Å²) < 4.78 is 43.7. The molecular weight excluding hydrogens is 271 g/mol. The van der Waals surface area contributed by atoms with E-state index in [4.69, 9.17) is 10.5 Å². The van der Waals surface area contributed by atoms with Gasteiger partial charge < -0.3 is 10.5 Å². The van der Waals surface area contributed by atoms with E-state index in [1.54, 1.807) is 0 Å². The van der Waals surface area contributed by atoms with Crippen molar-refractivity contribution in [3.05, 3.63) is 10.8 Å². The van der Waals surface area contributed by atoms with Gasteiger partial charge in [-0.25, -0.2) is 0 Å². The smallest absolute Gasteiger partial charge is 0.379 e. The number of hydrogen-bond donors (Lipinski definition) is 1. The molecule has 6 nitrogen and oxygen atoms in total. The Kier molecular flexibility index (Phi) is 2.37. The third kappa shape index (κ3) is 1.68. The number of fused-ring (bicyclic) bond motifs is 1. The molecule has 1 aliphatic rings. The summed E-state index contributed by atoms with van der Waals surface area (Å²) in [5.41, 5.74) is 5.22. The van der Waals surface area contributed by atoms with Crippen LogP contribution in [0.15, 0.2) is 0 Å². The number of nitrogens with zero attached hydrogens (tertiary/aromatic N) is 4. The van der Waals surface area contributed by atoms with Crippen LogP contribution in [0.1, 0.15) is 17.3 Å². The fourth-order valence-corrected chi connectivity index (χ4v) is 2.70. The van der Waals surface area contributed by atoms with Crippen molar-refractivity contribution in [2.24, 2.45) is 5.73 Å². The van der Waals surface area contributed by atoms with Gasteiger partial charge in [0.2, 0.25) is 4.96 Å². The normalized spacial score (nSPS) is 25.1. The molecule has 0 spiro atoms. The van der Waals surface area contributed by atoms with Crippen LogP contribution < -0.4 is 5.73 Å². The lowest BCUT2D eigenvalue weighted by atomic mass is 10.0. The van der Waals surface area contributed by atoms with Gasteiger partial charge in [0.05, 0.1) is 12.1 Å². The molecule has 0 bridgehead atoms. The molecule has 3 rings (SSSR count). The number of halogens is 3. The molecule has 0 amide bonds. The Morgan fingerprint density at radius 3 is 2.78 bits per heavy atom. The van der Waals surface area contributed by atoms with Gasteiger partial charge in [-0.05, 0) is 6.42 Å². The lowest BCUT2D eigenvalue weighted by Gasteiger charge is -2.17. The van der Waals surface area contributed by atoms with Crippen LogP contribution in [-0.2, 0) is 16.5 Å². The second-order valence-electron chi connectivity index (χ2n) is 4.08. The number of hydrogen-bond acceptors (Lipinski definition) is 6. The largest absolute Gasteiger partial charge is 0.453 e. The minimum Gasteiger partial charge on any atom is -0.379 e. The fraction of sp³-hybridized carbons (Fsp3) is 0.625. The first-order chi connectivity index (χ1) is 8.40.